The Kier molecular flexibility index (Phi) is 5.34. The lowest BCUT2D eigenvalue weighted by atomic mass is 9.97. The van der Waals surface area contributed by atoms with Gasteiger partial charge in [0.2, 0.25) is 0 Å². The van der Waals surface area contributed by atoms with Gasteiger partial charge in [-0.1, -0.05) is 30.3 Å². The lowest BCUT2D eigenvalue weighted by molar-refractivity contribution is 0.382. The van der Waals surface area contributed by atoms with Gasteiger partial charge >= 0.3 is 0 Å². The molecule has 0 bridgehead atoms. The first-order valence-corrected chi connectivity index (χ1v) is 9.79. The van der Waals surface area contributed by atoms with Gasteiger partial charge in [0.25, 0.3) is 0 Å². The summed E-state index contributed by atoms with van der Waals surface area (Å²) < 4.78 is 2.15. The van der Waals surface area contributed by atoms with Crippen molar-refractivity contribution in [1.82, 2.24) is 29.9 Å². The van der Waals surface area contributed by atoms with Crippen molar-refractivity contribution in [2.75, 3.05) is 32.1 Å². The standard InChI is InChI=1S/C21H27N7/c1-26(2)15-20-24-25-21(27(20)3)17-10-7-13-28(14-17)19-12-11-18(22-23-19)16-8-5-4-6-9-16/h4-6,8-9,11-12,17H,7,10,13-15H2,1-3H3/t17-/m0/s1. The zero-order chi connectivity index (χ0) is 19.5. The fraction of sp³-hybridized carbons (Fsp3) is 0.429. The van der Waals surface area contributed by atoms with E-state index >= 15 is 0 Å². The van der Waals surface area contributed by atoms with Crippen LogP contribution >= 0.6 is 0 Å². The average Bonchev–Trinajstić information content (AvgIpc) is 3.08. The van der Waals surface area contributed by atoms with Crippen LogP contribution in [0.4, 0.5) is 5.82 Å². The van der Waals surface area contributed by atoms with E-state index in [-0.39, 0.29) is 0 Å². The summed E-state index contributed by atoms with van der Waals surface area (Å²) in [6, 6.07) is 14.3. The van der Waals surface area contributed by atoms with Gasteiger partial charge in [-0.2, -0.15) is 0 Å². The first-order valence-electron chi connectivity index (χ1n) is 9.79. The maximum atomic E-state index is 4.50. The Labute approximate surface area is 166 Å². The van der Waals surface area contributed by atoms with Crippen LogP contribution in [0.3, 0.4) is 0 Å². The van der Waals surface area contributed by atoms with Crippen LogP contribution in [0.1, 0.15) is 30.4 Å². The van der Waals surface area contributed by atoms with Crippen molar-refractivity contribution in [3.8, 4) is 11.3 Å². The Balaban J connectivity index is 1.49. The van der Waals surface area contributed by atoms with Crippen molar-refractivity contribution in [3.63, 3.8) is 0 Å². The number of benzene rings is 1. The lowest BCUT2D eigenvalue weighted by Crippen LogP contribution is -2.36. The van der Waals surface area contributed by atoms with E-state index in [0.29, 0.717) is 5.92 Å². The lowest BCUT2D eigenvalue weighted by Gasteiger charge is -2.32. The quantitative estimate of drug-likeness (QED) is 0.681. The third-order valence-corrected chi connectivity index (χ3v) is 5.29. The van der Waals surface area contributed by atoms with E-state index in [4.69, 9.17) is 0 Å². The minimum absolute atomic E-state index is 0.359. The molecule has 7 nitrogen and oxygen atoms in total. The Morgan fingerprint density at radius 1 is 1.00 bits per heavy atom. The molecule has 1 fully saturated rings. The second-order valence-electron chi connectivity index (χ2n) is 7.70. The monoisotopic (exact) mass is 377 g/mol. The molecule has 3 heterocycles. The molecule has 1 aromatic carbocycles. The number of nitrogens with zero attached hydrogens (tertiary/aromatic N) is 7. The molecule has 1 atom stereocenters. The summed E-state index contributed by atoms with van der Waals surface area (Å²) >= 11 is 0. The summed E-state index contributed by atoms with van der Waals surface area (Å²) in [6.07, 6.45) is 2.24. The second-order valence-corrected chi connectivity index (χ2v) is 7.70. The zero-order valence-electron chi connectivity index (χ0n) is 16.8. The number of aromatic nitrogens is 5. The molecular formula is C21H27N7. The maximum Gasteiger partial charge on any atom is 0.151 e. The molecule has 0 saturated carbocycles. The smallest absolute Gasteiger partial charge is 0.151 e. The third kappa shape index (κ3) is 3.89. The molecule has 7 heteroatoms. The van der Waals surface area contributed by atoms with Crippen LogP contribution in [0, 0.1) is 0 Å². The van der Waals surface area contributed by atoms with Gasteiger partial charge < -0.3 is 14.4 Å². The van der Waals surface area contributed by atoms with Gasteiger partial charge in [0.05, 0.1) is 12.2 Å². The Bertz CT molecular complexity index is 902. The van der Waals surface area contributed by atoms with Gasteiger partial charge in [0.1, 0.15) is 11.6 Å². The largest absolute Gasteiger partial charge is 0.354 e. The van der Waals surface area contributed by atoms with Crippen LogP contribution in [0.25, 0.3) is 11.3 Å². The van der Waals surface area contributed by atoms with E-state index < -0.39 is 0 Å². The SMILES string of the molecule is CN(C)Cc1nnc([C@H]2CCCN(c3ccc(-c4ccccc4)nn3)C2)n1C. The Morgan fingerprint density at radius 2 is 1.82 bits per heavy atom. The van der Waals surface area contributed by atoms with Crippen molar-refractivity contribution in [2.45, 2.75) is 25.3 Å². The number of hydrogen-bond acceptors (Lipinski definition) is 6. The number of hydrogen-bond donors (Lipinski definition) is 0. The molecule has 28 heavy (non-hydrogen) atoms. The van der Waals surface area contributed by atoms with E-state index in [9.17, 15) is 0 Å². The summed E-state index contributed by atoms with van der Waals surface area (Å²) in [7, 11) is 6.17. The molecule has 0 radical (unpaired) electrons. The predicted octanol–water partition coefficient (Wildman–Crippen LogP) is 2.72. The van der Waals surface area contributed by atoms with Crippen molar-refractivity contribution in [2.24, 2.45) is 7.05 Å². The topological polar surface area (TPSA) is 63.0 Å². The fourth-order valence-corrected chi connectivity index (χ4v) is 3.80. The van der Waals surface area contributed by atoms with Crippen LogP contribution in [-0.2, 0) is 13.6 Å². The van der Waals surface area contributed by atoms with Gasteiger partial charge in [-0.05, 0) is 39.1 Å². The number of rotatable bonds is 5. The number of anilines is 1. The molecule has 0 amide bonds. The summed E-state index contributed by atoms with van der Waals surface area (Å²) in [5, 5.41) is 17.8. The second kappa shape index (κ2) is 8.06. The zero-order valence-corrected chi connectivity index (χ0v) is 16.8. The summed E-state index contributed by atoms with van der Waals surface area (Å²) in [4.78, 5) is 4.43. The van der Waals surface area contributed by atoms with Gasteiger partial charge in [0.15, 0.2) is 5.82 Å². The van der Waals surface area contributed by atoms with E-state index in [1.54, 1.807) is 0 Å². The van der Waals surface area contributed by atoms with Crippen LogP contribution in [0.15, 0.2) is 42.5 Å². The molecule has 3 aromatic rings. The highest BCUT2D eigenvalue weighted by Gasteiger charge is 2.27. The minimum atomic E-state index is 0.359. The predicted molar refractivity (Wildman–Crippen MR) is 110 cm³/mol. The Morgan fingerprint density at radius 3 is 2.54 bits per heavy atom. The van der Waals surface area contributed by atoms with Crippen molar-refractivity contribution < 1.29 is 0 Å². The van der Waals surface area contributed by atoms with Crippen molar-refractivity contribution >= 4 is 5.82 Å². The maximum absolute atomic E-state index is 4.50. The molecule has 1 aliphatic rings. The minimum Gasteiger partial charge on any atom is -0.354 e. The molecule has 0 spiro atoms. The molecule has 0 N–H and O–H groups in total. The molecule has 4 rings (SSSR count). The molecule has 1 saturated heterocycles. The highest BCUT2D eigenvalue weighted by Crippen LogP contribution is 2.28. The molecule has 1 aliphatic heterocycles. The van der Waals surface area contributed by atoms with E-state index in [0.717, 1.165) is 61.2 Å². The van der Waals surface area contributed by atoms with Crippen molar-refractivity contribution in [3.05, 3.63) is 54.1 Å². The molecule has 146 valence electrons. The summed E-state index contributed by atoms with van der Waals surface area (Å²) in [5.41, 5.74) is 1.99. The molecule has 0 aliphatic carbocycles. The van der Waals surface area contributed by atoms with Gasteiger partial charge in [-0.25, -0.2) is 0 Å². The highest BCUT2D eigenvalue weighted by molar-refractivity contribution is 5.59. The first kappa shape index (κ1) is 18.6. The van der Waals surface area contributed by atoms with E-state index in [1.807, 2.05) is 18.2 Å². The fourth-order valence-electron chi connectivity index (χ4n) is 3.80. The number of piperidine rings is 1. The van der Waals surface area contributed by atoms with Gasteiger partial charge in [0, 0.05) is 31.6 Å². The highest BCUT2D eigenvalue weighted by atomic mass is 15.3. The van der Waals surface area contributed by atoms with E-state index in [2.05, 4.69) is 80.2 Å². The van der Waals surface area contributed by atoms with Gasteiger partial charge in [-0.15, -0.1) is 20.4 Å². The molecule has 0 unspecified atom stereocenters. The van der Waals surface area contributed by atoms with Crippen LogP contribution < -0.4 is 4.90 Å². The van der Waals surface area contributed by atoms with E-state index in [1.165, 1.54) is 0 Å². The Hall–Kier alpha value is -2.80. The summed E-state index contributed by atoms with van der Waals surface area (Å²) in [5.74, 6) is 3.36. The average molecular weight is 377 g/mol. The van der Waals surface area contributed by atoms with Crippen LogP contribution in [0.2, 0.25) is 0 Å². The molecule has 2 aromatic heterocycles. The summed E-state index contributed by atoms with van der Waals surface area (Å²) in [6.45, 7) is 2.69. The van der Waals surface area contributed by atoms with Gasteiger partial charge in [-0.3, -0.25) is 0 Å². The molecular weight excluding hydrogens is 350 g/mol. The van der Waals surface area contributed by atoms with Crippen LogP contribution in [-0.4, -0.2) is 57.0 Å². The van der Waals surface area contributed by atoms with Crippen molar-refractivity contribution in [1.29, 1.82) is 0 Å². The van der Waals surface area contributed by atoms with Crippen LogP contribution in [0.5, 0.6) is 0 Å². The first-order chi connectivity index (χ1) is 13.6. The third-order valence-electron chi connectivity index (χ3n) is 5.29. The normalized spacial score (nSPS) is 17.3.